The van der Waals surface area contributed by atoms with Gasteiger partial charge >= 0.3 is 0 Å². The van der Waals surface area contributed by atoms with Gasteiger partial charge in [-0.3, -0.25) is 0 Å². The van der Waals surface area contributed by atoms with E-state index in [0.717, 1.165) is 25.7 Å². The van der Waals surface area contributed by atoms with E-state index in [1.54, 1.807) is 5.57 Å². The molecule has 0 fully saturated rings. The molecular formula is C52H47N. The summed E-state index contributed by atoms with van der Waals surface area (Å²) >= 11 is 0. The Bertz CT molecular complexity index is 2510. The van der Waals surface area contributed by atoms with Gasteiger partial charge in [0.1, 0.15) is 0 Å². The number of allylic oxidation sites excluding steroid dienone is 10. The predicted octanol–water partition coefficient (Wildman–Crippen LogP) is 13.4. The van der Waals surface area contributed by atoms with E-state index in [9.17, 15) is 0 Å². The molecule has 1 nitrogen and oxygen atoms in total. The Balaban J connectivity index is 1.09. The molecule has 0 radical (unpaired) electrons. The van der Waals surface area contributed by atoms with Gasteiger partial charge in [-0.2, -0.15) is 0 Å². The lowest BCUT2D eigenvalue weighted by Gasteiger charge is -2.40. The molecule has 0 aromatic heterocycles. The first kappa shape index (κ1) is 32.3. The number of hydrogen-bond donors (Lipinski definition) is 0. The summed E-state index contributed by atoms with van der Waals surface area (Å²) in [6.07, 6.45) is 19.0. The average molecular weight is 686 g/mol. The Morgan fingerprint density at radius 3 is 2.23 bits per heavy atom. The second kappa shape index (κ2) is 12.1. The Hall–Kier alpha value is -5.40. The van der Waals surface area contributed by atoms with Crippen molar-refractivity contribution < 1.29 is 0 Å². The highest BCUT2D eigenvalue weighted by Gasteiger charge is 2.46. The van der Waals surface area contributed by atoms with E-state index >= 15 is 0 Å². The highest BCUT2D eigenvalue weighted by molar-refractivity contribution is 5.99. The molecule has 5 aromatic carbocycles. The monoisotopic (exact) mass is 685 g/mol. The quantitative estimate of drug-likeness (QED) is 0.178. The Morgan fingerprint density at radius 1 is 0.679 bits per heavy atom. The van der Waals surface area contributed by atoms with Crippen molar-refractivity contribution in [3.63, 3.8) is 0 Å². The minimum absolute atomic E-state index is 0.0199. The molecule has 5 aliphatic rings. The molecule has 2 unspecified atom stereocenters. The SMILES string of the molecule is CC1(C)C2=C(C(N(C3=CCC(c4ccc5ccccc5c4-c4ccccc4)C=C3)C3=CC=C4c5ccccc5C(C)(C)C4C3)=CCC2)c2ccccc21. The highest BCUT2D eigenvalue weighted by atomic mass is 15.2. The van der Waals surface area contributed by atoms with Crippen LogP contribution in [-0.2, 0) is 10.8 Å². The van der Waals surface area contributed by atoms with E-state index in [0.29, 0.717) is 5.92 Å². The lowest BCUT2D eigenvalue weighted by molar-refractivity contribution is 0.377. The number of nitrogens with zero attached hydrogens (tertiary/aromatic N) is 1. The van der Waals surface area contributed by atoms with E-state index in [2.05, 4.69) is 184 Å². The number of hydrogen-bond acceptors (Lipinski definition) is 1. The summed E-state index contributed by atoms with van der Waals surface area (Å²) in [6.45, 7) is 9.79. The maximum absolute atomic E-state index is 2.67. The summed E-state index contributed by atoms with van der Waals surface area (Å²) in [5.74, 6) is 0.719. The maximum atomic E-state index is 2.67. The summed E-state index contributed by atoms with van der Waals surface area (Å²) in [5.41, 5.74) is 18.5. The van der Waals surface area contributed by atoms with Crippen LogP contribution in [0.25, 0.3) is 33.0 Å². The molecule has 0 heterocycles. The van der Waals surface area contributed by atoms with Gasteiger partial charge < -0.3 is 4.90 Å². The summed E-state index contributed by atoms with van der Waals surface area (Å²) < 4.78 is 0. The molecule has 53 heavy (non-hydrogen) atoms. The molecule has 0 spiro atoms. The molecular weight excluding hydrogens is 639 g/mol. The summed E-state index contributed by atoms with van der Waals surface area (Å²) in [7, 11) is 0. The van der Waals surface area contributed by atoms with Crippen molar-refractivity contribution in [1.82, 2.24) is 4.90 Å². The Labute approximate surface area is 315 Å². The molecule has 260 valence electrons. The lowest BCUT2D eigenvalue weighted by atomic mass is 9.73. The average Bonchev–Trinajstić information content (AvgIpc) is 3.58. The third-order valence-electron chi connectivity index (χ3n) is 13.3. The maximum Gasteiger partial charge on any atom is 0.0496 e. The number of rotatable bonds is 5. The fraction of sp³-hybridized carbons (Fsp3) is 0.231. The van der Waals surface area contributed by atoms with Crippen LogP contribution in [-0.4, -0.2) is 4.90 Å². The summed E-state index contributed by atoms with van der Waals surface area (Å²) in [5, 5.41) is 2.62. The summed E-state index contributed by atoms with van der Waals surface area (Å²) in [6, 6.07) is 42.8. The van der Waals surface area contributed by atoms with Gasteiger partial charge in [0, 0.05) is 34.0 Å². The lowest BCUT2D eigenvalue weighted by Crippen LogP contribution is -2.31. The third kappa shape index (κ3) is 4.90. The van der Waals surface area contributed by atoms with Gasteiger partial charge in [-0.1, -0.05) is 167 Å². The van der Waals surface area contributed by atoms with Gasteiger partial charge in [0.2, 0.25) is 0 Å². The van der Waals surface area contributed by atoms with Crippen molar-refractivity contribution in [2.24, 2.45) is 5.92 Å². The summed E-state index contributed by atoms with van der Waals surface area (Å²) in [4.78, 5) is 2.67. The zero-order valence-electron chi connectivity index (χ0n) is 31.4. The van der Waals surface area contributed by atoms with Crippen LogP contribution in [0.2, 0.25) is 0 Å². The molecule has 10 rings (SSSR count). The van der Waals surface area contributed by atoms with Crippen molar-refractivity contribution in [3.8, 4) is 11.1 Å². The standard InChI is InChI=1S/C52H47N/c1-51(2)45-22-13-11-20-43(45)50-46(51)23-14-24-48(50)53(38-30-32-42-41-19-10-12-21-44(41)52(3,4)47(42)33-38)37-28-25-35(26-29-37)40-31-27-34-15-8-9-18-39(34)49(40)36-16-6-5-7-17-36/h5-13,15-22,24-25,27-32,35,47H,14,23,26,33H2,1-4H3. The van der Waals surface area contributed by atoms with Crippen molar-refractivity contribution in [1.29, 1.82) is 0 Å². The second-order valence-electron chi connectivity index (χ2n) is 16.7. The fourth-order valence-electron chi connectivity index (χ4n) is 10.5. The Morgan fingerprint density at radius 2 is 1.42 bits per heavy atom. The van der Waals surface area contributed by atoms with Gasteiger partial charge in [0.05, 0.1) is 0 Å². The van der Waals surface area contributed by atoms with Gasteiger partial charge in [-0.15, -0.1) is 0 Å². The number of benzene rings is 5. The minimum atomic E-state index is 0.0199. The first-order chi connectivity index (χ1) is 25.8. The zero-order valence-corrected chi connectivity index (χ0v) is 31.4. The molecule has 5 aromatic rings. The van der Waals surface area contributed by atoms with Crippen LogP contribution in [0, 0.1) is 5.92 Å². The van der Waals surface area contributed by atoms with E-state index in [1.165, 1.54) is 78.0 Å². The van der Waals surface area contributed by atoms with Gasteiger partial charge in [0.25, 0.3) is 0 Å². The van der Waals surface area contributed by atoms with Crippen molar-refractivity contribution >= 4 is 21.9 Å². The highest BCUT2D eigenvalue weighted by Crippen LogP contribution is 2.57. The van der Waals surface area contributed by atoms with E-state index in [4.69, 9.17) is 0 Å². The van der Waals surface area contributed by atoms with E-state index in [-0.39, 0.29) is 16.7 Å². The third-order valence-corrected chi connectivity index (χ3v) is 13.3. The van der Waals surface area contributed by atoms with E-state index < -0.39 is 0 Å². The minimum Gasteiger partial charge on any atom is -0.314 e. The van der Waals surface area contributed by atoms with Crippen LogP contribution < -0.4 is 0 Å². The second-order valence-corrected chi connectivity index (χ2v) is 16.7. The van der Waals surface area contributed by atoms with Crippen LogP contribution in [0.3, 0.4) is 0 Å². The zero-order chi connectivity index (χ0) is 35.9. The fourth-order valence-corrected chi connectivity index (χ4v) is 10.5. The largest absolute Gasteiger partial charge is 0.314 e. The van der Waals surface area contributed by atoms with Crippen molar-refractivity contribution in [2.75, 3.05) is 0 Å². The molecule has 1 heteroatoms. The predicted molar refractivity (Wildman–Crippen MR) is 223 cm³/mol. The van der Waals surface area contributed by atoms with Crippen LogP contribution in [0.15, 0.2) is 174 Å². The molecule has 0 saturated carbocycles. The number of fused-ring (bicyclic) bond motifs is 6. The molecule has 5 aliphatic carbocycles. The molecule has 0 bridgehead atoms. The molecule has 0 N–H and O–H groups in total. The van der Waals surface area contributed by atoms with Gasteiger partial charge in [-0.25, -0.2) is 0 Å². The molecule has 0 aliphatic heterocycles. The van der Waals surface area contributed by atoms with Gasteiger partial charge in [-0.05, 0) is 110 Å². The van der Waals surface area contributed by atoms with Crippen LogP contribution in [0.1, 0.15) is 87.1 Å². The first-order valence-electron chi connectivity index (χ1n) is 19.6. The molecule has 2 atom stereocenters. The molecule has 0 saturated heterocycles. The smallest absolute Gasteiger partial charge is 0.0496 e. The van der Waals surface area contributed by atoms with Crippen LogP contribution >= 0.6 is 0 Å². The van der Waals surface area contributed by atoms with Crippen molar-refractivity contribution in [3.05, 3.63) is 202 Å². The normalized spacial score (nSPS) is 21.9. The first-order valence-corrected chi connectivity index (χ1v) is 19.6. The van der Waals surface area contributed by atoms with Crippen LogP contribution in [0.5, 0.6) is 0 Å². The topological polar surface area (TPSA) is 3.24 Å². The Kier molecular flexibility index (Phi) is 7.35. The van der Waals surface area contributed by atoms with Crippen molar-refractivity contribution in [2.45, 2.75) is 70.1 Å². The molecule has 0 amide bonds. The van der Waals surface area contributed by atoms with Gasteiger partial charge in [0.15, 0.2) is 0 Å². The van der Waals surface area contributed by atoms with Crippen LogP contribution in [0.4, 0.5) is 0 Å². The van der Waals surface area contributed by atoms with E-state index in [1.807, 2.05) is 0 Å².